The van der Waals surface area contributed by atoms with E-state index in [1.165, 1.54) is 5.56 Å². The minimum absolute atomic E-state index is 0.0831. The van der Waals surface area contributed by atoms with Gasteiger partial charge in [0.2, 0.25) is 5.91 Å². The first-order valence-electron chi connectivity index (χ1n) is 8.71. The number of fused-ring (bicyclic) bond motifs is 1. The van der Waals surface area contributed by atoms with Crippen molar-refractivity contribution in [1.82, 2.24) is 15.2 Å². The number of likely N-dealkylation sites (tertiary alicyclic amines) is 1. The van der Waals surface area contributed by atoms with E-state index in [1.807, 2.05) is 30.5 Å². The molecule has 1 aliphatic carbocycles. The number of aliphatic hydroxyl groups is 1. The summed E-state index contributed by atoms with van der Waals surface area (Å²) >= 11 is 0. The molecule has 1 aromatic carbocycles. The van der Waals surface area contributed by atoms with Gasteiger partial charge in [0.15, 0.2) is 0 Å². The van der Waals surface area contributed by atoms with Crippen molar-refractivity contribution in [2.45, 2.75) is 31.4 Å². The van der Waals surface area contributed by atoms with E-state index >= 15 is 0 Å². The monoisotopic (exact) mass is 325 g/mol. The van der Waals surface area contributed by atoms with Crippen molar-refractivity contribution in [1.29, 1.82) is 0 Å². The van der Waals surface area contributed by atoms with Crippen molar-refractivity contribution in [3.8, 4) is 0 Å². The zero-order chi connectivity index (χ0) is 16.5. The zero-order valence-corrected chi connectivity index (χ0v) is 13.7. The minimum Gasteiger partial charge on any atom is -0.391 e. The van der Waals surface area contributed by atoms with E-state index in [0.717, 1.165) is 36.7 Å². The number of hydrogen-bond donors (Lipinski definition) is 2. The SMILES string of the molecule is O=C(CN1C[C@@H](Cc2ccnc3ccccc23)[C@H](O)C1)NC1CC1. The first kappa shape index (κ1) is 15.5. The standard InChI is InChI=1S/C19H23N3O2/c23-18-11-22(12-19(24)21-15-5-6-15)10-14(18)9-13-7-8-20-17-4-2-1-3-16(13)17/h1-4,7-8,14-15,18,23H,5-6,9-12H2,(H,21,24)/t14-,18-/m1/s1. The van der Waals surface area contributed by atoms with Crippen molar-refractivity contribution in [2.75, 3.05) is 19.6 Å². The Morgan fingerprint density at radius 3 is 2.92 bits per heavy atom. The van der Waals surface area contributed by atoms with E-state index in [2.05, 4.69) is 21.3 Å². The summed E-state index contributed by atoms with van der Waals surface area (Å²) in [5.41, 5.74) is 2.21. The first-order chi connectivity index (χ1) is 11.7. The Bertz CT molecular complexity index is 739. The van der Waals surface area contributed by atoms with Crippen LogP contribution in [0.15, 0.2) is 36.5 Å². The van der Waals surface area contributed by atoms with Gasteiger partial charge >= 0.3 is 0 Å². The molecule has 1 saturated carbocycles. The molecule has 1 aliphatic heterocycles. The van der Waals surface area contributed by atoms with Crippen LogP contribution >= 0.6 is 0 Å². The molecule has 1 aromatic heterocycles. The number of para-hydroxylation sites is 1. The molecule has 5 nitrogen and oxygen atoms in total. The maximum absolute atomic E-state index is 12.0. The van der Waals surface area contributed by atoms with Crippen LogP contribution in [0.25, 0.3) is 10.9 Å². The molecule has 2 N–H and O–H groups in total. The number of β-amino-alcohol motifs (C(OH)–C–C–N with tert-alkyl or cyclic N) is 1. The predicted octanol–water partition coefficient (Wildman–Crippen LogP) is 1.35. The van der Waals surface area contributed by atoms with Crippen LogP contribution in [0.5, 0.6) is 0 Å². The Morgan fingerprint density at radius 2 is 2.08 bits per heavy atom. The normalized spacial score (nSPS) is 24.4. The van der Waals surface area contributed by atoms with Crippen LogP contribution < -0.4 is 5.32 Å². The second-order valence-electron chi connectivity index (χ2n) is 7.05. The maximum Gasteiger partial charge on any atom is 0.234 e. The third-order valence-corrected chi connectivity index (χ3v) is 5.01. The van der Waals surface area contributed by atoms with Crippen LogP contribution in [0.2, 0.25) is 0 Å². The van der Waals surface area contributed by atoms with Crippen molar-refractivity contribution in [3.05, 3.63) is 42.1 Å². The number of nitrogens with one attached hydrogen (secondary N) is 1. The van der Waals surface area contributed by atoms with Gasteiger partial charge < -0.3 is 10.4 Å². The van der Waals surface area contributed by atoms with Gasteiger partial charge in [-0.15, -0.1) is 0 Å². The molecule has 5 heteroatoms. The molecule has 126 valence electrons. The molecular weight excluding hydrogens is 302 g/mol. The number of rotatable bonds is 5. The molecule has 2 aliphatic rings. The number of aliphatic hydroxyl groups excluding tert-OH is 1. The summed E-state index contributed by atoms with van der Waals surface area (Å²) in [5.74, 6) is 0.240. The Labute approximate surface area is 141 Å². The quantitative estimate of drug-likeness (QED) is 0.871. The number of carbonyl (C=O) groups is 1. The van der Waals surface area contributed by atoms with E-state index in [4.69, 9.17) is 0 Å². The average Bonchev–Trinajstić information content (AvgIpc) is 3.31. The van der Waals surface area contributed by atoms with Crippen LogP contribution in [0.1, 0.15) is 18.4 Å². The second-order valence-corrected chi connectivity index (χ2v) is 7.05. The fourth-order valence-corrected chi connectivity index (χ4v) is 3.59. The Hall–Kier alpha value is -1.98. The molecule has 0 bridgehead atoms. The van der Waals surface area contributed by atoms with Gasteiger partial charge in [-0.1, -0.05) is 18.2 Å². The van der Waals surface area contributed by atoms with E-state index < -0.39 is 0 Å². The van der Waals surface area contributed by atoms with Gasteiger partial charge in [-0.2, -0.15) is 0 Å². The fourth-order valence-electron chi connectivity index (χ4n) is 3.59. The number of nitrogens with zero attached hydrogens (tertiary/aromatic N) is 2. The van der Waals surface area contributed by atoms with Crippen LogP contribution in [0.3, 0.4) is 0 Å². The highest BCUT2D eigenvalue weighted by molar-refractivity contribution is 5.82. The van der Waals surface area contributed by atoms with Gasteiger partial charge in [0.1, 0.15) is 0 Å². The molecule has 4 rings (SSSR count). The molecule has 1 amide bonds. The third-order valence-electron chi connectivity index (χ3n) is 5.01. The maximum atomic E-state index is 12.0. The zero-order valence-electron chi connectivity index (χ0n) is 13.7. The molecule has 2 aromatic rings. The van der Waals surface area contributed by atoms with Crippen LogP contribution in [-0.4, -0.2) is 52.7 Å². The van der Waals surface area contributed by atoms with Gasteiger partial charge in [-0.05, 0) is 37.0 Å². The summed E-state index contributed by atoms with van der Waals surface area (Å²) in [5, 5.41) is 14.6. The van der Waals surface area contributed by atoms with Crippen LogP contribution in [0.4, 0.5) is 0 Å². The lowest BCUT2D eigenvalue weighted by molar-refractivity contribution is -0.122. The number of carbonyl (C=O) groups excluding carboxylic acids is 1. The van der Waals surface area contributed by atoms with Crippen LogP contribution in [-0.2, 0) is 11.2 Å². The van der Waals surface area contributed by atoms with Gasteiger partial charge in [-0.3, -0.25) is 14.7 Å². The van der Waals surface area contributed by atoms with E-state index in [0.29, 0.717) is 19.1 Å². The second kappa shape index (κ2) is 6.49. The highest BCUT2D eigenvalue weighted by Crippen LogP contribution is 2.25. The molecule has 0 spiro atoms. The number of pyridine rings is 1. The molecule has 2 fully saturated rings. The molecule has 24 heavy (non-hydrogen) atoms. The highest BCUT2D eigenvalue weighted by atomic mass is 16.3. The average molecular weight is 325 g/mol. The molecule has 2 heterocycles. The lowest BCUT2D eigenvalue weighted by Crippen LogP contribution is -2.37. The number of amides is 1. The summed E-state index contributed by atoms with van der Waals surface area (Å²) in [7, 11) is 0. The molecule has 1 saturated heterocycles. The van der Waals surface area contributed by atoms with Crippen molar-refractivity contribution in [3.63, 3.8) is 0 Å². The number of hydrogen-bond acceptors (Lipinski definition) is 4. The first-order valence-corrected chi connectivity index (χ1v) is 8.71. The van der Waals surface area contributed by atoms with E-state index in [-0.39, 0.29) is 17.9 Å². The molecule has 2 atom stereocenters. The highest BCUT2D eigenvalue weighted by Gasteiger charge is 2.33. The smallest absolute Gasteiger partial charge is 0.234 e. The van der Waals surface area contributed by atoms with Gasteiger partial charge in [-0.25, -0.2) is 0 Å². The lowest BCUT2D eigenvalue weighted by atomic mass is 9.94. The largest absolute Gasteiger partial charge is 0.391 e. The molecular formula is C19H23N3O2. The van der Waals surface area contributed by atoms with Crippen molar-refractivity contribution >= 4 is 16.8 Å². The van der Waals surface area contributed by atoms with Crippen molar-refractivity contribution in [2.24, 2.45) is 5.92 Å². The topological polar surface area (TPSA) is 65.5 Å². The Balaban J connectivity index is 1.41. The van der Waals surface area contributed by atoms with Crippen LogP contribution in [0, 0.1) is 5.92 Å². The Kier molecular flexibility index (Phi) is 4.21. The molecule has 0 radical (unpaired) electrons. The summed E-state index contributed by atoms with van der Waals surface area (Å²) < 4.78 is 0. The lowest BCUT2D eigenvalue weighted by Gasteiger charge is -2.16. The number of benzene rings is 1. The molecule has 0 unspecified atom stereocenters. The van der Waals surface area contributed by atoms with E-state index in [1.54, 1.807) is 0 Å². The van der Waals surface area contributed by atoms with Crippen molar-refractivity contribution < 1.29 is 9.90 Å². The summed E-state index contributed by atoms with van der Waals surface area (Å²) in [4.78, 5) is 18.4. The fraction of sp³-hybridized carbons (Fsp3) is 0.474. The summed E-state index contributed by atoms with van der Waals surface area (Å²) in [6, 6.07) is 10.5. The Morgan fingerprint density at radius 1 is 1.25 bits per heavy atom. The van der Waals surface area contributed by atoms with Gasteiger partial charge in [0.25, 0.3) is 0 Å². The van der Waals surface area contributed by atoms with Gasteiger partial charge in [0.05, 0.1) is 18.2 Å². The number of aromatic nitrogens is 1. The van der Waals surface area contributed by atoms with Gasteiger partial charge in [0, 0.05) is 36.6 Å². The third kappa shape index (κ3) is 3.42. The minimum atomic E-state index is -0.384. The summed E-state index contributed by atoms with van der Waals surface area (Å²) in [6.45, 7) is 1.73. The predicted molar refractivity (Wildman–Crippen MR) is 92.5 cm³/mol. The van der Waals surface area contributed by atoms with E-state index in [9.17, 15) is 9.90 Å². The summed E-state index contributed by atoms with van der Waals surface area (Å²) in [6.07, 6.45) is 4.47.